The highest BCUT2D eigenvalue weighted by Gasteiger charge is 2.32. The van der Waals surface area contributed by atoms with Gasteiger partial charge in [0.15, 0.2) is 0 Å². The average Bonchev–Trinajstić information content (AvgIpc) is 2.61. The standard InChI is InChI=1S/C26H40O2/c1-8-10-11-12-20-16-23(27)25(24(17-20)28-26(6,7)9-2)22-15-19(5)13-14-21(22)18(3)4/h15-17,21-22,27H,3,8-14H2,1-2,4-7H3. The molecule has 0 aliphatic heterocycles. The average molecular weight is 385 g/mol. The number of allylic oxidation sites excluding steroid dienone is 3. The van der Waals surface area contributed by atoms with Gasteiger partial charge in [0.1, 0.15) is 17.1 Å². The molecule has 0 heterocycles. The molecule has 0 radical (unpaired) electrons. The summed E-state index contributed by atoms with van der Waals surface area (Å²) >= 11 is 0. The summed E-state index contributed by atoms with van der Waals surface area (Å²) in [6, 6.07) is 4.14. The van der Waals surface area contributed by atoms with Crippen LogP contribution in [0.5, 0.6) is 11.5 Å². The summed E-state index contributed by atoms with van der Waals surface area (Å²) in [6.07, 6.45) is 9.94. The number of phenolic OH excluding ortho intramolecular Hbond substituents is 1. The number of hydrogen-bond donors (Lipinski definition) is 1. The van der Waals surface area contributed by atoms with Crippen LogP contribution in [0.4, 0.5) is 0 Å². The van der Waals surface area contributed by atoms with Crippen LogP contribution in [0.1, 0.15) is 97.1 Å². The molecule has 2 unspecified atom stereocenters. The van der Waals surface area contributed by atoms with Crippen LogP contribution in [-0.2, 0) is 6.42 Å². The van der Waals surface area contributed by atoms with Gasteiger partial charge in [-0.2, -0.15) is 0 Å². The monoisotopic (exact) mass is 384 g/mol. The van der Waals surface area contributed by atoms with E-state index in [4.69, 9.17) is 4.74 Å². The number of aryl methyl sites for hydroxylation is 1. The second kappa shape index (κ2) is 9.67. The van der Waals surface area contributed by atoms with Crippen molar-refractivity contribution in [2.24, 2.45) is 5.92 Å². The molecule has 0 saturated heterocycles. The second-order valence-corrected chi connectivity index (χ2v) is 9.23. The lowest BCUT2D eigenvalue weighted by Gasteiger charge is -2.34. The number of rotatable bonds is 9. The van der Waals surface area contributed by atoms with Gasteiger partial charge in [-0.1, -0.05) is 50.5 Å². The molecule has 0 aromatic heterocycles. The lowest BCUT2D eigenvalue weighted by molar-refractivity contribution is 0.102. The van der Waals surface area contributed by atoms with Gasteiger partial charge in [0.05, 0.1) is 0 Å². The molecule has 2 heteroatoms. The summed E-state index contributed by atoms with van der Waals surface area (Å²) in [4.78, 5) is 0. The molecule has 0 spiro atoms. The summed E-state index contributed by atoms with van der Waals surface area (Å²) in [7, 11) is 0. The Balaban J connectivity index is 2.53. The molecule has 0 bridgehead atoms. The number of aromatic hydroxyl groups is 1. The first-order chi connectivity index (χ1) is 13.2. The third kappa shape index (κ3) is 5.65. The third-order valence-corrected chi connectivity index (χ3v) is 6.20. The topological polar surface area (TPSA) is 29.5 Å². The van der Waals surface area contributed by atoms with Gasteiger partial charge in [0.25, 0.3) is 0 Å². The van der Waals surface area contributed by atoms with Crippen molar-refractivity contribution in [2.75, 3.05) is 0 Å². The van der Waals surface area contributed by atoms with Crippen LogP contribution in [-0.4, -0.2) is 10.7 Å². The predicted molar refractivity (Wildman–Crippen MR) is 120 cm³/mol. The van der Waals surface area contributed by atoms with Crippen LogP contribution in [0.2, 0.25) is 0 Å². The molecule has 0 saturated carbocycles. The second-order valence-electron chi connectivity index (χ2n) is 9.23. The Morgan fingerprint density at radius 3 is 2.57 bits per heavy atom. The molecule has 1 aliphatic rings. The normalized spacial score (nSPS) is 20.0. The minimum absolute atomic E-state index is 0.124. The Bertz CT molecular complexity index is 711. The number of hydrogen-bond acceptors (Lipinski definition) is 2. The fourth-order valence-corrected chi connectivity index (χ4v) is 4.09. The quantitative estimate of drug-likeness (QED) is 0.349. The van der Waals surface area contributed by atoms with Crippen LogP contribution in [0.3, 0.4) is 0 Å². The third-order valence-electron chi connectivity index (χ3n) is 6.20. The van der Waals surface area contributed by atoms with Crippen molar-refractivity contribution in [2.45, 2.75) is 98.0 Å². The van der Waals surface area contributed by atoms with Gasteiger partial charge in [-0.3, -0.25) is 0 Å². The number of phenols is 1. The highest BCUT2D eigenvalue weighted by Crippen LogP contribution is 2.47. The highest BCUT2D eigenvalue weighted by molar-refractivity contribution is 5.52. The largest absolute Gasteiger partial charge is 0.507 e. The minimum Gasteiger partial charge on any atom is -0.507 e. The van der Waals surface area contributed by atoms with Gasteiger partial charge in [-0.05, 0) is 83.4 Å². The number of benzene rings is 1. The Hall–Kier alpha value is -1.70. The van der Waals surface area contributed by atoms with Crippen molar-refractivity contribution in [3.8, 4) is 11.5 Å². The van der Waals surface area contributed by atoms with E-state index in [9.17, 15) is 5.11 Å². The van der Waals surface area contributed by atoms with E-state index in [2.05, 4.69) is 60.3 Å². The summed E-state index contributed by atoms with van der Waals surface area (Å²) in [5.41, 5.74) is 4.40. The van der Waals surface area contributed by atoms with E-state index in [1.165, 1.54) is 29.6 Å². The smallest absolute Gasteiger partial charge is 0.127 e. The first-order valence-electron chi connectivity index (χ1n) is 11.1. The Kier molecular flexibility index (Phi) is 7.80. The van der Waals surface area contributed by atoms with Crippen molar-refractivity contribution in [3.63, 3.8) is 0 Å². The molecule has 156 valence electrons. The lowest BCUT2D eigenvalue weighted by atomic mass is 9.73. The number of ether oxygens (including phenoxy) is 1. The predicted octanol–water partition coefficient (Wildman–Crippen LogP) is 7.71. The zero-order valence-corrected chi connectivity index (χ0v) is 18.9. The minimum atomic E-state index is -0.268. The Labute approximate surface area is 172 Å². The molecule has 1 N–H and O–H groups in total. The van der Waals surface area contributed by atoms with E-state index >= 15 is 0 Å². The van der Waals surface area contributed by atoms with Crippen molar-refractivity contribution in [1.29, 1.82) is 0 Å². The summed E-state index contributed by atoms with van der Waals surface area (Å²) in [5, 5.41) is 11.1. The van der Waals surface area contributed by atoms with Crippen LogP contribution in [0.25, 0.3) is 0 Å². The van der Waals surface area contributed by atoms with E-state index in [1.54, 1.807) is 0 Å². The van der Waals surface area contributed by atoms with Crippen LogP contribution >= 0.6 is 0 Å². The zero-order valence-electron chi connectivity index (χ0n) is 18.9. The molecule has 28 heavy (non-hydrogen) atoms. The molecule has 0 amide bonds. The Morgan fingerprint density at radius 2 is 1.96 bits per heavy atom. The van der Waals surface area contributed by atoms with Gasteiger partial charge in [0.2, 0.25) is 0 Å². The van der Waals surface area contributed by atoms with Crippen LogP contribution < -0.4 is 4.74 Å². The van der Waals surface area contributed by atoms with Gasteiger partial charge in [-0.15, -0.1) is 0 Å². The van der Waals surface area contributed by atoms with Gasteiger partial charge >= 0.3 is 0 Å². The maximum Gasteiger partial charge on any atom is 0.127 e. The maximum atomic E-state index is 11.1. The van der Waals surface area contributed by atoms with Gasteiger partial charge < -0.3 is 9.84 Å². The van der Waals surface area contributed by atoms with Crippen LogP contribution in [0, 0.1) is 5.92 Å². The van der Waals surface area contributed by atoms with E-state index in [0.29, 0.717) is 11.7 Å². The zero-order chi connectivity index (χ0) is 20.9. The van der Waals surface area contributed by atoms with Crippen molar-refractivity contribution in [1.82, 2.24) is 0 Å². The first-order valence-corrected chi connectivity index (χ1v) is 11.1. The van der Waals surface area contributed by atoms with Crippen molar-refractivity contribution in [3.05, 3.63) is 47.1 Å². The molecule has 0 fully saturated rings. The molecular formula is C26H40O2. The SMILES string of the molecule is C=C(C)C1CCC(C)=CC1c1c(O)cc(CCCCC)cc1OC(C)(C)CC. The maximum absolute atomic E-state index is 11.1. The fraction of sp³-hybridized carbons (Fsp3) is 0.615. The fourth-order valence-electron chi connectivity index (χ4n) is 4.09. The molecule has 1 aromatic carbocycles. The Morgan fingerprint density at radius 1 is 1.25 bits per heavy atom. The van der Waals surface area contributed by atoms with E-state index in [1.807, 2.05) is 6.07 Å². The van der Waals surface area contributed by atoms with E-state index < -0.39 is 0 Å². The molecule has 2 nitrogen and oxygen atoms in total. The van der Waals surface area contributed by atoms with Gasteiger partial charge in [0, 0.05) is 11.5 Å². The highest BCUT2D eigenvalue weighted by atomic mass is 16.5. The molecule has 2 rings (SSSR count). The van der Waals surface area contributed by atoms with E-state index in [-0.39, 0.29) is 11.5 Å². The number of unbranched alkanes of at least 4 members (excludes halogenated alkanes) is 2. The van der Waals surface area contributed by atoms with Crippen molar-refractivity contribution < 1.29 is 9.84 Å². The molecule has 1 aliphatic carbocycles. The summed E-state index contributed by atoms with van der Waals surface area (Å²) in [6.45, 7) is 17.1. The van der Waals surface area contributed by atoms with Crippen LogP contribution in [0.15, 0.2) is 35.9 Å². The summed E-state index contributed by atoms with van der Waals surface area (Å²) in [5.74, 6) is 1.69. The molecule has 2 atom stereocenters. The van der Waals surface area contributed by atoms with E-state index in [0.717, 1.165) is 43.4 Å². The van der Waals surface area contributed by atoms with Crippen molar-refractivity contribution >= 4 is 0 Å². The summed E-state index contributed by atoms with van der Waals surface area (Å²) < 4.78 is 6.51. The molecule has 1 aromatic rings. The van der Waals surface area contributed by atoms with Gasteiger partial charge in [-0.25, -0.2) is 0 Å². The molecular weight excluding hydrogens is 344 g/mol. The lowest BCUT2D eigenvalue weighted by Crippen LogP contribution is -2.28. The first kappa shape index (κ1) is 22.6.